The van der Waals surface area contributed by atoms with E-state index in [0.29, 0.717) is 11.6 Å². The summed E-state index contributed by atoms with van der Waals surface area (Å²) < 4.78 is 0. The van der Waals surface area contributed by atoms with Gasteiger partial charge in [-0.15, -0.1) is 0 Å². The molecule has 0 aliphatic heterocycles. The molecule has 0 atom stereocenters. The molecule has 0 aliphatic rings. The topological polar surface area (TPSA) is 64.5 Å². The molecule has 6 rings (SSSR count). The van der Waals surface area contributed by atoms with E-state index in [1.165, 1.54) is 0 Å². The van der Waals surface area contributed by atoms with Crippen LogP contribution in [0.1, 0.15) is 0 Å². The lowest BCUT2D eigenvalue weighted by molar-refractivity contribution is 1.07. The molecule has 0 spiro atoms. The fourth-order valence-electron chi connectivity index (χ4n) is 4.16. The van der Waals surface area contributed by atoms with Crippen molar-refractivity contribution in [2.45, 2.75) is 0 Å². The van der Waals surface area contributed by atoms with E-state index in [0.717, 1.165) is 44.8 Å². The van der Waals surface area contributed by atoms with Gasteiger partial charge in [0.25, 0.3) is 0 Å². The summed E-state index contributed by atoms with van der Waals surface area (Å²) in [4.78, 5) is 22.1. The lowest BCUT2D eigenvalue weighted by Crippen LogP contribution is -1.97. The largest absolute Gasteiger partial charge is 0.226 e. The average Bonchev–Trinajstić information content (AvgIpc) is 2.98. The molecule has 182 valence electrons. The van der Waals surface area contributed by atoms with E-state index in [1.807, 2.05) is 103 Å². The van der Waals surface area contributed by atoms with Gasteiger partial charge in [-0.05, 0) is 40.4 Å². The maximum Gasteiger partial charge on any atom is 0.226 e. The zero-order chi connectivity index (χ0) is 25.9. The maximum absolute atomic E-state index is 6.25. The summed E-state index contributed by atoms with van der Waals surface area (Å²) >= 11 is 12.5. The molecule has 0 amide bonds. The molecule has 2 aromatic heterocycles. The highest BCUT2D eigenvalue weighted by Crippen LogP contribution is 2.29. The second kappa shape index (κ2) is 10.5. The number of halogens is 2. The molecule has 0 saturated heterocycles. The van der Waals surface area contributed by atoms with Crippen molar-refractivity contribution in [3.63, 3.8) is 0 Å². The number of nitrogens with zero attached hydrogens (tertiary/aromatic N) is 5. The summed E-state index contributed by atoms with van der Waals surface area (Å²) in [5.41, 5.74) is 7.38. The van der Waals surface area contributed by atoms with Gasteiger partial charge in [-0.2, -0.15) is 9.97 Å². The Morgan fingerprint density at radius 3 is 1.24 bits per heavy atom. The molecule has 38 heavy (non-hydrogen) atoms. The second-order valence-corrected chi connectivity index (χ2v) is 9.22. The van der Waals surface area contributed by atoms with Crippen LogP contribution in [-0.2, 0) is 0 Å². The van der Waals surface area contributed by atoms with Crippen LogP contribution in [-0.4, -0.2) is 24.9 Å². The van der Waals surface area contributed by atoms with Crippen LogP contribution in [0.15, 0.2) is 115 Å². The van der Waals surface area contributed by atoms with Gasteiger partial charge in [0.1, 0.15) is 0 Å². The fraction of sp³-hybridized carbons (Fsp3) is 0. The molecular weight excluding hydrogens is 513 g/mol. The Bertz CT molecular complexity index is 1580. The van der Waals surface area contributed by atoms with Crippen LogP contribution in [0.3, 0.4) is 0 Å². The quantitative estimate of drug-likeness (QED) is 0.209. The Labute approximate surface area is 229 Å². The molecular formula is C31H19Cl2N5. The monoisotopic (exact) mass is 531 g/mol. The SMILES string of the molecule is Clc1nc(-c2ccccc2)cc(-c2ccc(-c3ccc(-c4nc(Cl)nc(-c5ccccc5)n4)cc3)cc2)n1. The highest BCUT2D eigenvalue weighted by Gasteiger charge is 2.11. The van der Waals surface area contributed by atoms with Crippen LogP contribution >= 0.6 is 23.2 Å². The van der Waals surface area contributed by atoms with E-state index < -0.39 is 0 Å². The minimum atomic E-state index is 0.161. The van der Waals surface area contributed by atoms with Gasteiger partial charge in [-0.25, -0.2) is 15.0 Å². The first kappa shape index (κ1) is 23.9. The minimum Gasteiger partial charge on any atom is -0.218 e. The normalized spacial score (nSPS) is 10.9. The van der Waals surface area contributed by atoms with E-state index in [9.17, 15) is 0 Å². The Hall–Kier alpha value is -4.45. The Balaban J connectivity index is 1.26. The lowest BCUT2D eigenvalue weighted by atomic mass is 10.0. The van der Waals surface area contributed by atoms with Crippen molar-refractivity contribution in [1.29, 1.82) is 0 Å². The number of benzene rings is 4. The van der Waals surface area contributed by atoms with Crippen LogP contribution in [0.4, 0.5) is 0 Å². The molecule has 0 N–H and O–H groups in total. The van der Waals surface area contributed by atoms with E-state index in [4.69, 9.17) is 23.2 Å². The number of rotatable bonds is 5. The predicted molar refractivity (Wildman–Crippen MR) is 153 cm³/mol. The van der Waals surface area contributed by atoms with Gasteiger partial charge in [-0.1, -0.05) is 109 Å². The zero-order valence-electron chi connectivity index (χ0n) is 20.0. The number of aromatic nitrogens is 5. The van der Waals surface area contributed by atoms with Crippen molar-refractivity contribution < 1.29 is 0 Å². The number of hydrogen-bond acceptors (Lipinski definition) is 5. The summed E-state index contributed by atoms with van der Waals surface area (Å²) in [6.45, 7) is 0. The first-order chi connectivity index (χ1) is 18.6. The molecule has 0 unspecified atom stereocenters. The second-order valence-electron chi connectivity index (χ2n) is 8.55. The van der Waals surface area contributed by atoms with E-state index >= 15 is 0 Å². The van der Waals surface area contributed by atoms with Crippen LogP contribution < -0.4 is 0 Å². The van der Waals surface area contributed by atoms with Crippen LogP contribution in [0, 0.1) is 0 Å². The van der Waals surface area contributed by atoms with Crippen LogP contribution in [0.25, 0.3) is 56.4 Å². The molecule has 0 radical (unpaired) electrons. The van der Waals surface area contributed by atoms with Gasteiger partial charge >= 0.3 is 0 Å². The average molecular weight is 532 g/mol. The zero-order valence-corrected chi connectivity index (χ0v) is 21.5. The molecule has 2 heterocycles. The summed E-state index contributed by atoms with van der Waals surface area (Å²) in [5, 5.41) is 0.378. The summed E-state index contributed by atoms with van der Waals surface area (Å²) in [7, 11) is 0. The fourth-order valence-corrected chi connectivity index (χ4v) is 4.51. The molecule has 0 fully saturated rings. The highest BCUT2D eigenvalue weighted by molar-refractivity contribution is 6.28. The minimum absolute atomic E-state index is 0.161. The Morgan fingerprint density at radius 1 is 0.342 bits per heavy atom. The van der Waals surface area contributed by atoms with Gasteiger partial charge in [-0.3, -0.25) is 0 Å². The van der Waals surface area contributed by atoms with Gasteiger partial charge in [0.05, 0.1) is 11.4 Å². The highest BCUT2D eigenvalue weighted by atomic mass is 35.5. The lowest BCUT2D eigenvalue weighted by Gasteiger charge is -2.08. The van der Waals surface area contributed by atoms with Crippen LogP contribution in [0.5, 0.6) is 0 Å². The molecule has 4 aromatic carbocycles. The van der Waals surface area contributed by atoms with Crippen molar-refractivity contribution in [1.82, 2.24) is 24.9 Å². The Kier molecular flexibility index (Phi) is 6.61. The summed E-state index contributed by atoms with van der Waals surface area (Å²) in [6.07, 6.45) is 0. The van der Waals surface area contributed by atoms with E-state index in [-0.39, 0.29) is 10.6 Å². The maximum atomic E-state index is 6.25. The van der Waals surface area contributed by atoms with Gasteiger partial charge in [0.15, 0.2) is 11.6 Å². The summed E-state index contributed by atoms with van der Waals surface area (Å²) in [5.74, 6) is 1.07. The van der Waals surface area contributed by atoms with E-state index in [1.54, 1.807) is 0 Å². The van der Waals surface area contributed by atoms with Gasteiger partial charge in [0, 0.05) is 22.3 Å². The third-order valence-corrected chi connectivity index (χ3v) is 6.40. The van der Waals surface area contributed by atoms with Gasteiger partial charge < -0.3 is 0 Å². The van der Waals surface area contributed by atoms with Crippen molar-refractivity contribution in [2.75, 3.05) is 0 Å². The van der Waals surface area contributed by atoms with Gasteiger partial charge in [0.2, 0.25) is 10.6 Å². The first-order valence-electron chi connectivity index (χ1n) is 11.9. The Morgan fingerprint density at radius 2 is 0.711 bits per heavy atom. The molecule has 7 heteroatoms. The molecule has 0 saturated carbocycles. The van der Waals surface area contributed by atoms with Crippen molar-refractivity contribution in [3.8, 4) is 56.4 Å². The standard InChI is InChI=1S/C31H19Cl2N5/c32-30-34-26(22-7-3-1-4-8-22)19-27(35-30)23-15-11-20(12-16-23)21-13-17-25(18-14-21)29-36-28(37-31(33)38-29)24-9-5-2-6-10-24/h1-19H. The van der Waals surface area contributed by atoms with Crippen molar-refractivity contribution in [2.24, 2.45) is 0 Å². The smallest absolute Gasteiger partial charge is 0.218 e. The van der Waals surface area contributed by atoms with Crippen LogP contribution in [0.2, 0.25) is 10.6 Å². The van der Waals surface area contributed by atoms with Crippen molar-refractivity contribution in [3.05, 3.63) is 126 Å². The predicted octanol–water partition coefficient (Wildman–Crippen LogP) is 8.30. The first-order valence-corrected chi connectivity index (χ1v) is 12.7. The van der Waals surface area contributed by atoms with Crippen molar-refractivity contribution >= 4 is 23.2 Å². The molecule has 5 nitrogen and oxygen atoms in total. The third-order valence-electron chi connectivity index (χ3n) is 6.07. The third kappa shape index (κ3) is 5.16. The molecule has 6 aromatic rings. The summed E-state index contributed by atoms with van der Waals surface area (Å²) in [6, 6.07) is 37.9. The number of hydrogen-bond donors (Lipinski definition) is 0. The van der Waals surface area contributed by atoms with E-state index in [2.05, 4.69) is 37.1 Å². The molecule has 0 aliphatic carbocycles. The molecule has 0 bridgehead atoms.